The highest BCUT2D eigenvalue weighted by molar-refractivity contribution is 7.08. The number of rotatable bonds is 3. The Morgan fingerprint density at radius 2 is 1.88 bits per heavy atom. The Morgan fingerprint density at radius 3 is 2.29 bits per heavy atom. The molecule has 94 valence electrons. The molecule has 1 heterocycles. The van der Waals surface area contributed by atoms with Crippen molar-refractivity contribution in [2.24, 2.45) is 0 Å². The Bertz CT molecular complexity index is 433. The summed E-state index contributed by atoms with van der Waals surface area (Å²) in [6.07, 6.45) is -6.07. The van der Waals surface area contributed by atoms with Gasteiger partial charge >= 0.3 is 12.1 Å². The summed E-state index contributed by atoms with van der Waals surface area (Å²) in [7, 11) is 0. The molecule has 1 N–H and O–H groups in total. The molecule has 0 spiro atoms. The van der Waals surface area contributed by atoms with E-state index in [0.29, 0.717) is 0 Å². The van der Waals surface area contributed by atoms with Crippen molar-refractivity contribution >= 4 is 17.1 Å². The molecule has 0 atom stereocenters. The summed E-state index contributed by atoms with van der Waals surface area (Å²) >= 11 is 1.07. The van der Waals surface area contributed by atoms with Gasteiger partial charge in [0, 0.05) is 17.0 Å². The molecule has 0 radical (unpaired) electrons. The number of alkyl halides is 5. The van der Waals surface area contributed by atoms with Gasteiger partial charge < -0.3 is 5.11 Å². The molecule has 0 fully saturated rings. The highest BCUT2D eigenvalue weighted by Crippen LogP contribution is 2.39. The minimum absolute atomic E-state index is 0.0699. The Hall–Kier alpha value is -1.44. The Labute approximate surface area is 96.0 Å². The molecule has 0 saturated heterocycles. The van der Waals surface area contributed by atoms with Crippen LogP contribution in [0.4, 0.5) is 22.0 Å². The van der Waals surface area contributed by atoms with Crippen LogP contribution in [0.3, 0.4) is 0 Å². The number of thiophene rings is 1. The number of aliphatic hydroxyl groups excluding tert-OH is 1. The fourth-order valence-corrected chi connectivity index (χ4v) is 1.49. The number of aliphatic hydroxyl groups is 1. The molecular weight excluding hydrogens is 267 g/mol. The summed E-state index contributed by atoms with van der Waals surface area (Å²) in [6, 6.07) is 1.24. The quantitative estimate of drug-likeness (QED) is 0.395. The van der Waals surface area contributed by atoms with E-state index in [1.165, 1.54) is 16.8 Å². The zero-order valence-electron chi connectivity index (χ0n) is 7.96. The Balaban J connectivity index is 2.98. The average molecular weight is 272 g/mol. The van der Waals surface area contributed by atoms with Crippen molar-refractivity contribution < 1.29 is 31.9 Å². The van der Waals surface area contributed by atoms with Crippen LogP contribution in [-0.2, 0) is 0 Å². The molecule has 1 aromatic heterocycles. The normalized spacial score (nSPS) is 13.8. The van der Waals surface area contributed by atoms with Crippen molar-refractivity contribution in [1.29, 1.82) is 0 Å². The van der Waals surface area contributed by atoms with Gasteiger partial charge in [0.15, 0.2) is 11.5 Å². The van der Waals surface area contributed by atoms with Gasteiger partial charge in [0.1, 0.15) is 0 Å². The molecule has 17 heavy (non-hydrogen) atoms. The molecule has 0 bridgehead atoms. The summed E-state index contributed by atoms with van der Waals surface area (Å²) in [6.45, 7) is 0. The second-order valence-corrected chi connectivity index (χ2v) is 3.76. The van der Waals surface area contributed by atoms with E-state index in [2.05, 4.69) is 0 Å². The molecule has 1 aromatic rings. The minimum Gasteiger partial charge on any atom is -0.506 e. The highest BCUT2D eigenvalue weighted by atomic mass is 32.1. The lowest BCUT2D eigenvalue weighted by Crippen LogP contribution is -2.38. The van der Waals surface area contributed by atoms with Crippen LogP contribution in [0.25, 0.3) is 0 Å². The van der Waals surface area contributed by atoms with Gasteiger partial charge in [-0.2, -0.15) is 33.3 Å². The van der Waals surface area contributed by atoms with E-state index in [1.807, 2.05) is 0 Å². The lowest BCUT2D eigenvalue weighted by molar-refractivity contribution is -0.274. The molecule has 0 amide bonds. The number of allylic oxidation sites excluding steroid dienone is 2. The molecule has 1 rings (SSSR count). The number of carbonyl (C=O) groups is 1. The Morgan fingerprint density at radius 1 is 1.29 bits per heavy atom. The minimum atomic E-state index is -5.94. The Kier molecular flexibility index (Phi) is 3.56. The maximum absolute atomic E-state index is 12.5. The molecule has 0 aromatic carbocycles. The second-order valence-electron chi connectivity index (χ2n) is 2.98. The number of hydrogen-bond donors (Lipinski definition) is 1. The van der Waals surface area contributed by atoms with E-state index >= 15 is 0 Å². The van der Waals surface area contributed by atoms with E-state index < -0.39 is 23.6 Å². The first kappa shape index (κ1) is 13.6. The maximum Gasteiger partial charge on any atom is 0.461 e. The predicted molar refractivity (Wildman–Crippen MR) is 50.4 cm³/mol. The lowest BCUT2D eigenvalue weighted by Gasteiger charge is -2.18. The van der Waals surface area contributed by atoms with Crippen molar-refractivity contribution in [3.63, 3.8) is 0 Å². The fourth-order valence-electron chi connectivity index (χ4n) is 0.848. The average Bonchev–Trinajstić information content (AvgIpc) is 2.68. The van der Waals surface area contributed by atoms with Crippen LogP contribution in [0.2, 0.25) is 0 Å². The summed E-state index contributed by atoms with van der Waals surface area (Å²) < 4.78 is 60.5. The van der Waals surface area contributed by atoms with E-state index in [4.69, 9.17) is 5.11 Å². The third kappa shape index (κ3) is 2.82. The van der Waals surface area contributed by atoms with Crippen molar-refractivity contribution in [2.45, 2.75) is 12.1 Å². The maximum atomic E-state index is 12.5. The molecule has 2 nitrogen and oxygen atoms in total. The van der Waals surface area contributed by atoms with Crippen LogP contribution in [0, 0.1) is 0 Å². The number of halogens is 5. The van der Waals surface area contributed by atoms with Gasteiger partial charge in [-0.1, -0.05) is 0 Å². The number of hydrogen-bond acceptors (Lipinski definition) is 3. The first-order chi connectivity index (χ1) is 7.66. The van der Waals surface area contributed by atoms with Crippen LogP contribution < -0.4 is 0 Å². The van der Waals surface area contributed by atoms with E-state index in [9.17, 15) is 26.7 Å². The zero-order chi connectivity index (χ0) is 13.3. The van der Waals surface area contributed by atoms with Crippen molar-refractivity contribution in [3.05, 3.63) is 34.2 Å². The third-order valence-corrected chi connectivity index (χ3v) is 2.43. The van der Waals surface area contributed by atoms with Crippen molar-refractivity contribution in [1.82, 2.24) is 0 Å². The molecule has 0 aliphatic rings. The SMILES string of the molecule is O=C(/C=C(\O)C(F)(F)C(F)(F)F)c1ccsc1. The second kappa shape index (κ2) is 4.44. The zero-order valence-corrected chi connectivity index (χ0v) is 8.78. The molecule has 0 saturated carbocycles. The van der Waals surface area contributed by atoms with Crippen LogP contribution in [0.1, 0.15) is 10.4 Å². The summed E-state index contributed by atoms with van der Waals surface area (Å²) in [5, 5.41) is 11.4. The molecule has 0 aliphatic carbocycles. The summed E-state index contributed by atoms with van der Waals surface area (Å²) in [4.78, 5) is 11.2. The van der Waals surface area contributed by atoms with Gasteiger partial charge in [-0.15, -0.1) is 0 Å². The van der Waals surface area contributed by atoms with Crippen molar-refractivity contribution in [3.8, 4) is 0 Å². The van der Waals surface area contributed by atoms with Crippen molar-refractivity contribution in [2.75, 3.05) is 0 Å². The van der Waals surface area contributed by atoms with E-state index in [0.717, 1.165) is 11.3 Å². The highest BCUT2D eigenvalue weighted by Gasteiger charge is 2.61. The third-order valence-electron chi connectivity index (χ3n) is 1.75. The van der Waals surface area contributed by atoms with E-state index in [1.54, 1.807) is 0 Å². The van der Waals surface area contributed by atoms with Gasteiger partial charge in [0.05, 0.1) is 0 Å². The fraction of sp³-hybridized carbons (Fsp3) is 0.222. The standard InChI is InChI=1S/C9H5F5O2S/c10-8(11,9(12,13)14)7(16)3-6(15)5-1-2-17-4-5/h1-4,16H/b7-3-. The molecule has 0 unspecified atom stereocenters. The van der Waals surface area contributed by atoms with Crippen LogP contribution in [0.15, 0.2) is 28.7 Å². The van der Waals surface area contributed by atoms with Crippen LogP contribution >= 0.6 is 11.3 Å². The summed E-state index contributed by atoms with van der Waals surface area (Å²) in [5.74, 6) is -8.87. The molecule has 8 heteroatoms. The molecule has 0 aliphatic heterocycles. The van der Waals surface area contributed by atoms with Gasteiger partial charge in [0.2, 0.25) is 0 Å². The topological polar surface area (TPSA) is 37.3 Å². The van der Waals surface area contributed by atoms with Crippen LogP contribution in [-0.4, -0.2) is 23.0 Å². The monoisotopic (exact) mass is 272 g/mol. The van der Waals surface area contributed by atoms with Gasteiger partial charge in [0.25, 0.3) is 0 Å². The largest absolute Gasteiger partial charge is 0.506 e. The lowest BCUT2D eigenvalue weighted by atomic mass is 10.1. The number of carbonyl (C=O) groups excluding carboxylic acids is 1. The molecular formula is C9H5F5O2S. The van der Waals surface area contributed by atoms with Gasteiger partial charge in [-0.25, -0.2) is 0 Å². The number of ketones is 1. The van der Waals surface area contributed by atoms with Gasteiger partial charge in [-0.05, 0) is 11.4 Å². The summed E-state index contributed by atoms with van der Waals surface area (Å²) in [5.41, 5.74) is -0.0699. The first-order valence-corrected chi connectivity index (χ1v) is 5.02. The van der Waals surface area contributed by atoms with Crippen LogP contribution in [0.5, 0.6) is 0 Å². The van der Waals surface area contributed by atoms with Gasteiger partial charge in [-0.3, -0.25) is 4.79 Å². The predicted octanol–water partition coefficient (Wildman–Crippen LogP) is 3.57. The first-order valence-electron chi connectivity index (χ1n) is 4.08. The van der Waals surface area contributed by atoms with E-state index in [-0.39, 0.29) is 11.6 Å². The smallest absolute Gasteiger partial charge is 0.461 e.